The van der Waals surface area contributed by atoms with Crippen molar-refractivity contribution in [3.63, 3.8) is 0 Å². The van der Waals surface area contributed by atoms with Gasteiger partial charge in [-0.05, 0) is 0 Å². The molecule has 0 radical (unpaired) electrons. The van der Waals surface area contributed by atoms with Gasteiger partial charge in [0, 0.05) is 11.1 Å². The molecule has 0 bridgehead atoms. The van der Waals surface area contributed by atoms with Crippen LogP contribution in [-0.2, 0) is 6.54 Å². The van der Waals surface area contributed by atoms with E-state index in [9.17, 15) is 4.79 Å². The predicted molar refractivity (Wildman–Crippen MR) is 52.5 cm³/mol. The van der Waals surface area contributed by atoms with Crippen molar-refractivity contribution in [2.24, 2.45) is 0 Å². The molecule has 0 aliphatic rings. The number of aromatic nitrogens is 2. The fourth-order valence-corrected chi connectivity index (χ4v) is 1.77. The Kier molecular flexibility index (Phi) is 2.64. The third kappa shape index (κ3) is 2.32. The molecule has 0 spiro atoms. The lowest BCUT2D eigenvalue weighted by Gasteiger charge is -1.94. The first-order valence-corrected chi connectivity index (χ1v) is 4.89. The number of carboxylic acid groups (broad SMARTS) is 1. The second-order valence-electron chi connectivity index (χ2n) is 2.63. The highest BCUT2D eigenvalue weighted by atomic mass is 32.1. The van der Waals surface area contributed by atoms with Gasteiger partial charge in [0.1, 0.15) is 6.26 Å². The van der Waals surface area contributed by atoms with Crippen molar-refractivity contribution in [2.75, 3.05) is 0 Å². The van der Waals surface area contributed by atoms with Crippen LogP contribution in [-0.4, -0.2) is 21.2 Å². The number of nitrogens with zero attached hydrogens (tertiary/aromatic N) is 2. The van der Waals surface area contributed by atoms with Crippen molar-refractivity contribution in [1.82, 2.24) is 15.3 Å². The first-order valence-electron chi connectivity index (χ1n) is 4.07. The minimum absolute atomic E-state index is 0.244. The molecule has 2 heterocycles. The molecule has 0 aromatic carbocycles. The molecular weight excluding hydrogens is 218 g/mol. The summed E-state index contributed by atoms with van der Waals surface area (Å²) in [6, 6.07) is 0. The molecular formula is C8H7N3O3S. The quantitative estimate of drug-likeness (QED) is 0.827. The molecule has 2 N–H and O–H groups in total. The monoisotopic (exact) mass is 225 g/mol. The maximum absolute atomic E-state index is 10.3. The molecule has 2 rings (SSSR count). The van der Waals surface area contributed by atoms with E-state index in [1.165, 1.54) is 23.8 Å². The van der Waals surface area contributed by atoms with Gasteiger partial charge < -0.3 is 14.8 Å². The summed E-state index contributed by atoms with van der Waals surface area (Å²) >= 11 is 1.34. The zero-order valence-electron chi connectivity index (χ0n) is 7.51. The van der Waals surface area contributed by atoms with Gasteiger partial charge in [-0.15, -0.1) is 11.3 Å². The number of thiazole rings is 1. The third-order valence-corrected chi connectivity index (χ3v) is 2.57. The van der Waals surface area contributed by atoms with Crippen LogP contribution >= 0.6 is 11.3 Å². The molecule has 0 aliphatic carbocycles. The Labute approximate surface area is 88.6 Å². The number of oxazole rings is 1. The number of rotatable bonds is 3. The van der Waals surface area contributed by atoms with Crippen molar-refractivity contribution in [1.29, 1.82) is 0 Å². The van der Waals surface area contributed by atoms with Crippen LogP contribution in [0, 0.1) is 0 Å². The molecule has 2 aromatic rings. The fraction of sp³-hybridized carbons (Fsp3) is 0.125. The van der Waals surface area contributed by atoms with Crippen LogP contribution in [0.2, 0.25) is 0 Å². The molecule has 78 valence electrons. The second kappa shape index (κ2) is 4.09. The first-order chi connectivity index (χ1) is 7.25. The van der Waals surface area contributed by atoms with Crippen molar-refractivity contribution in [2.45, 2.75) is 6.54 Å². The van der Waals surface area contributed by atoms with Crippen LogP contribution < -0.4 is 5.32 Å². The van der Waals surface area contributed by atoms with Gasteiger partial charge >= 0.3 is 6.09 Å². The van der Waals surface area contributed by atoms with Crippen LogP contribution in [0.4, 0.5) is 4.79 Å². The lowest BCUT2D eigenvalue weighted by atomic mass is 10.5. The molecule has 7 heteroatoms. The number of carbonyl (C=O) groups is 1. The fourth-order valence-electron chi connectivity index (χ4n) is 0.980. The summed E-state index contributed by atoms with van der Waals surface area (Å²) in [5.74, 6) is 0.446. The first kappa shape index (κ1) is 9.66. The van der Waals surface area contributed by atoms with Crippen LogP contribution in [0.15, 0.2) is 23.1 Å². The van der Waals surface area contributed by atoms with Gasteiger partial charge in [0.2, 0.25) is 0 Å². The number of nitrogens with one attached hydrogen (secondary N) is 1. The average Bonchev–Trinajstić information content (AvgIpc) is 2.85. The Balaban J connectivity index is 2.08. The van der Waals surface area contributed by atoms with Crippen LogP contribution in [0.1, 0.15) is 4.88 Å². The summed E-state index contributed by atoms with van der Waals surface area (Å²) in [7, 11) is 0. The number of amides is 1. The Morgan fingerprint density at radius 2 is 2.47 bits per heavy atom. The highest BCUT2D eigenvalue weighted by Crippen LogP contribution is 2.23. The van der Waals surface area contributed by atoms with Crippen molar-refractivity contribution >= 4 is 17.4 Å². The van der Waals surface area contributed by atoms with Crippen molar-refractivity contribution < 1.29 is 14.3 Å². The van der Waals surface area contributed by atoms with Crippen LogP contribution in [0.5, 0.6) is 0 Å². The smallest absolute Gasteiger partial charge is 0.404 e. The summed E-state index contributed by atoms with van der Waals surface area (Å²) in [6.07, 6.45) is 3.54. The third-order valence-electron chi connectivity index (χ3n) is 1.58. The van der Waals surface area contributed by atoms with Crippen molar-refractivity contribution in [3.8, 4) is 10.9 Å². The molecule has 0 fully saturated rings. The van der Waals surface area contributed by atoms with E-state index in [1.807, 2.05) is 0 Å². The SMILES string of the molecule is O=C(O)NCc1cnc(-c2ncco2)s1. The van der Waals surface area contributed by atoms with Gasteiger partial charge in [-0.25, -0.2) is 14.8 Å². The topological polar surface area (TPSA) is 88.2 Å². The molecule has 1 amide bonds. The van der Waals surface area contributed by atoms with Gasteiger partial charge in [0.25, 0.3) is 5.89 Å². The van der Waals surface area contributed by atoms with E-state index in [1.54, 1.807) is 6.20 Å². The van der Waals surface area contributed by atoms with E-state index in [-0.39, 0.29) is 6.54 Å². The van der Waals surface area contributed by atoms with E-state index >= 15 is 0 Å². The highest BCUT2D eigenvalue weighted by Gasteiger charge is 2.08. The number of hydrogen-bond acceptors (Lipinski definition) is 5. The van der Waals surface area contributed by atoms with E-state index in [2.05, 4.69) is 15.3 Å². The summed E-state index contributed by atoms with van der Waals surface area (Å²) in [5.41, 5.74) is 0. The maximum Gasteiger partial charge on any atom is 0.404 e. The summed E-state index contributed by atoms with van der Waals surface area (Å²) in [5, 5.41) is 11.3. The largest absolute Gasteiger partial charge is 0.465 e. The number of hydrogen-bond donors (Lipinski definition) is 2. The zero-order chi connectivity index (χ0) is 10.7. The molecule has 0 saturated heterocycles. The second-order valence-corrected chi connectivity index (χ2v) is 3.74. The van der Waals surface area contributed by atoms with Gasteiger partial charge in [-0.3, -0.25) is 0 Å². The van der Waals surface area contributed by atoms with E-state index in [0.29, 0.717) is 10.9 Å². The summed E-state index contributed by atoms with van der Waals surface area (Å²) in [6.45, 7) is 0.244. The van der Waals surface area contributed by atoms with E-state index < -0.39 is 6.09 Å². The molecule has 6 nitrogen and oxygen atoms in total. The zero-order valence-corrected chi connectivity index (χ0v) is 8.32. The minimum atomic E-state index is -1.05. The highest BCUT2D eigenvalue weighted by molar-refractivity contribution is 7.14. The maximum atomic E-state index is 10.3. The lowest BCUT2D eigenvalue weighted by Crippen LogP contribution is -2.19. The summed E-state index contributed by atoms with van der Waals surface area (Å²) < 4.78 is 5.06. The normalized spacial score (nSPS) is 10.1. The Hall–Kier alpha value is -1.89. The van der Waals surface area contributed by atoms with Gasteiger partial charge in [-0.2, -0.15) is 0 Å². The standard InChI is InChI=1S/C8H7N3O3S/c12-8(13)11-4-5-3-10-7(15-5)6-9-1-2-14-6/h1-3,11H,4H2,(H,12,13). The van der Waals surface area contributed by atoms with Gasteiger partial charge in [0.15, 0.2) is 5.01 Å². The Morgan fingerprint density at radius 3 is 3.13 bits per heavy atom. The van der Waals surface area contributed by atoms with Crippen LogP contribution in [0.3, 0.4) is 0 Å². The van der Waals surface area contributed by atoms with Gasteiger partial charge in [-0.1, -0.05) is 0 Å². The van der Waals surface area contributed by atoms with E-state index in [0.717, 1.165) is 4.88 Å². The van der Waals surface area contributed by atoms with E-state index in [4.69, 9.17) is 9.52 Å². The van der Waals surface area contributed by atoms with Crippen LogP contribution in [0.25, 0.3) is 10.9 Å². The molecule has 0 atom stereocenters. The molecule has 0 aliphatic heterocycles. The molecule has 15 heavy (non-hydrogen) atoms. The van der Waals surface area contributed by atoms with Gasteiger partial charge in [0.05, 0.1) is 12.7 Å². The molecule has 0 unspecified atom stereocenters. The Morgan fingerprint density at radius 1 is 1.60 bits per heavy atom. The minimum Gasteiger partial charge on any atom is -0.465 e. The summed E-state index contributed by atoms with van der Waals surface area (Å²) in [4.78, 5) is 19.1. The molecule has 2 aromatic heterocycles. The predicted octanol–water partition coefficient (Wildman–Crippen LogP) is 1.57. The Bertz CT molecular complexity index is 451. The molecule has 0 saturated carbocycles. The van der Waals surface area contributed by atoms with Crippen molar-refractivity contribution in [3.05, 3.63) is 23.5 Å². The lowest BCUT2D eigenvalue weighted by molar-refractivity contribution is 0.194. The average molecular weight is 225 g/mol.